The number of hydrogen-bond donors (Lipinski definition) is 1. The predicted octanol–water partition coefficient (Wildman–Crippen LogP) is 3.18. The first-order valence-corrected chi connectivity index (χ1v) is 9.87. The van der Waals surface area contributed by atoms with E-state index in [-0.39, 0.29) is 0 Å². The number of nitrogens with zero attached hydrogens (tertiary/aromatic N) is 3. The van der Waals surface area contributed by atoms with E-state index in [1.165, 1.54) is 58.2 Å². The molecule has 0 spiro atoms. The van der Waals surface area contributed by atoms with Crippen molar-refractivity contribution in [1.29, 1.82) is 5.26 Å². The van der Waals surface area contributed by atoms with E-state index in [9.17, 15) is 5.11 Å². The predicted molar refractivity (Wildman–Crippen MR) is 100 cm³/mol. The SMILES string of the molecule is N#Cc1ccc(C(O)CN2CCCC(CN3CCCCCC3)C2)cc1. The highest BCUT2D eigenvalue weighted by molar-refractivity contribution is 5.32. The Balaban J connectivity index is 1.49. The van der Waals surface area contributed by atoms with Crippen molar-refractivity contribution in [2.45, 2.75) is 44.6 Å². The molecule has 4 heteroatoms. The van der Waals surface area contributed by atoms with Gasteiger partial charge in [-0.1, -0.05) is 25.0 Å². The molecule has 0 bridgehead atoms. The number of β-amino-alcohol motifs (C(OH)–C–C–N with tert-alkyl or cyclic N) is 1. The largest absolute Gasteiger partial charge is 0.387 e. The van der Waals surface area contributed by atoms with Crippen LogP contribution in [0.2, 0.25) is 0 Å². The number of aliphatic hydroxyl groups excluding tert-OH is 1. The summed E-state index contributed by atoms with van der Waals surface area (Å²) in [5.74, 6) is 0.736. The zero-order valence-electron chi connectivity index (χ0n) is 15.2. The van der Waals surface area contributed by atoms with Crippen molar-refractivity contribution in [3.63, 3.8) is 0 Å². The summed E-state index contributed by atoms with van der Waals surface area (Å²) < 4.78 is 0. The lowest BCUT2D eigenvalue weighted by Gasteiger charge is -2.36. The van der Waals surface area contributed by atoms with Gasteiger partial charge in [-0.3, -0.25) is 0 Å². The molecule has 136 valence electrons. The van der Waals surface area contributed by atoms with Crippen molar-refractivity contribution in [3.8, 4) is 6.07 Å². The minimum absolute atomic E-state index is 0.468. The van der Waals surface area contributed by atoms with Crippen molar-refractivity contribution in [1.82, 2.24) is 9.80 Å². The summed E-state index contributed by atoms with van der Waals surface area (Å²) in [6.45, 7) is 6.65. The van der Waals surface area contributed by atoms with Crippen LogP contribution < -0.4 is 0 Å². The van der Waals surface area contributed by atoms with Gasteiger partial charge in [-0.05, 0) is 68.9 Å². The summed E-state index contributed by atoms with van der Waals surface area (Å²) in [6, 6.07) is 9.46. The van der Waals surface area contributed by atoms with Crippen molar-refractivity contribution in [3.05, 3.63) is 35.4 Å². The molecule has 2 fully saturated rings. The minimum Gasteiger partial charge on any atom is -0.387 e. The van der Waals surface area contributed by atoms with E-state index in [4.69, 9.17) is 5.26 Å². The first-order chi connectivity index (χ1) is 12.2. The van der Waals surface area contributed by atoms with E-state index >= 15 is 0 Å². The molecule has 0 saturated carbocycles. The standard InChI is InChI=1S/C21H31N3O/c22-14-18-7-9-20(10-8-18)21(25)17-24-13-5-6-19(16-24)15-23-11-3-1-2-4-12-23/h7-10,19,21,25H,1-6,11-13,15-17H2. The van der Waals surface area contributed by atoms with Crippen LogP contribution in [0, 0.1) is 17.2 Å². The van der Waals surface area contributed by atoms with Crippen LogP contribution in [-0.4, -0.2) is 54.2 Å². The lowest BCUT2D eigenvalue weighted by molar-refractivity contribution is 0.0739. The molecule has 0 radical (unpaired) electrons. The Bertz CT molecular complexity index is 557. The highest BCUT2D eigenvalue weighted by Crippen LogP contribution is 2.22. The van der Waals surface area contributed by atoms with Crippen molar-refractivity contribution in [2.24, 2.45) is 5.92 Å². The summed E-state index contributed by atoms with van der Waals surface area (Å²) in [4.78, 5) is 5.09. The maximum absolute atomic E-state index is 10.5. The molecule has 2 heterocycles. The summed E-state index contributed by atoms with van der Waals surface area (Å²) in [6.07, 6.45) is 7.58. The highest BCUT2D eigenvalue weighted by atomic mass is 16.3. The molecule has 0 aromatic heterocycles. The van der Waals surface area contributed by atoms with E-state index in [1.807, 2.05) is 12.1 Å². The van der Waals surface area contributed by atoms with Crippen molar-refractivity contribution in [2.75, 3.05) is 39.3 Å². The molecule has 4 nitrogen and oxygen atoms in total. The van der Waals surface area contributed by atoms with Crippen LogP contribution in [0.3, 0.4) is 0 Å². The average molecular weight is 341 g/mol. The minimum atomic E-state index is -0.468. The zero-order chi connectivity index (χ0) is 17.5. The normalized spacial score (nSPS) is 24.4. The summed E-state index contributed by atoms with van der Waals surface area (Å²) in [5, 5.41) is 19.4. The molecule has 2 unspecified atom stereocenters. The number of piperidine rings is 1. The molecule has 2 saturated heterocycles. The van der Waals surface area contributed by atoms with Gasteiger partial charge in [0, 0.05) is 19.6 Å². The van der Waals surface area contributed by atoms with E-state index in [0.717, 1.165) is 24.6 Å². The second-order valence-corrected chi connectivity index (χ2v) is 7.73. The molecule has 1 N–H and O–H groups in total. The molecular formula is C21H31N3O. The molecule has 2 aliphatic heterocycles. The molecule has 0 amide bonds. The fourth-order valence-corrected chi connectivity index (χ4v) is 4.28. The lowest BCUT2D eigenvalue weighted by Crippen LogP contribution is -2.42. The molecule has 1 aromatic carbocycles. The van der Waals surface area contributed by atoms with Gasteiger partial charge >= 0.3 is 0 Å². The number of nitriles is 1. The van der Waals surface area contributed by atoms with Gasteiger partial charge in [0.2, 0.25) is 0 Å². The Hall–Kier alpha value is -1.41. The fraction of sp³-hybridized carbons (Fsp3) is 0.667. The van der Waals surface area contributed by atoms with Gasteiger partial charge < -0.3 is 14.9 Å². The maximum atomic E-state index is 10.5. The van der Waals surface area contributed by atoms with Crippen LogP contribution >= 0.6 is 0 Å². The molecule has 2 atom stereocenters. The number of aliphatic hydroxyl groups is 1. The third-order valence-corrected chi connectivity index (χ3v) is 5.67. The highest BCUT2D eigenvalue weighted by Gasteiger charge is 2.24. The molecule has 3 rings (SSSR count). The van der Waals surface area contributed by atoms with Crippen LogP contribution in [0.5, 0.6) is 0 Å². The molecule has 25 heavy (non-hydrogen) atoms. The van der Waals surface area contributed by atoms with Crippen LogP contribution in [0.1, 0.15) is 55.8 Å². The van der Waals surface area contributed by atoms with Crippen molar-refractivity contribution >= 4 is 0 Å². The summed E-state index contributed by atoms with van der Waals surface area (Å²) in [7, 11) is 0. The van der Waals surface area contributed by atoms with Gasteiger partial charge in [-0.25, -0.2) is 0 Å². The molecular weight excluding hydrogens is 310 g/mol. The Morgan fingerprint density at radius 1 is 1.00 bits per heavy atom. The molecule has 2 aliphatic rings. The smallest absolute Gasteiger partial charge is 0.0991 e. The Labute approximate surface area is 152 Å². The van der Waals surface area contributed by atoms with Gasteiger partial charge in [0.15, 0.2) is 0 Å². The van der Waals surface area contributed by atoms with Crippen LogP contribution in [0.4, 0.5) is 0 Å². The topological polar surface area (TPSA) is 50.5 Å². The van der Waals surface area contributed by atoms with Crippen LogP contribution in [0.15, 0.2) is 24.3 Å². The van der Waals surface area contributed by atoms with E-state index < -0.39 is 6.10 Å². The first kappa shape index (κ1) is 18.4. The van der Waals surface area contributed by atoms with E-state index in [1.54, 1.807) is 12.1 Å². The van der Waals surface area contributed by atoms with Gasteiger partial charge in [-0.15, -0.1) is 0 Å². The Morgan fingerprint density at radius 2 is 1.68 bits per heavy atom. The molecule has 1 aromatic rings. The van der Waals surface area contributed by atoms with E-state index in [0.29, 0.717) is 12.1 Å². The van der Waals surface area contributed by atoms with Gasteiger partial charge in [0.05, 0.1) is 17.7 Å². The maximum Gasteiger partial charge on any atom is 0.0991 e. The number of rotatable bonds is 5. The monoisotopic (exact) mass is 341 g/mol. The number of likely N-dealkylation sites (tertiary alicyclic amines) is 2. The quantitative estimate of drug-likeness (QED) is 0.894. The summed E-state index contributed by atoms with van der Waals surface area (Å²) >= 11 is 0. The third kappa shape index (κ3) is 5.54. The third-order valence-electron chi connectivity index (χ3n) is 5.67. The van der Waals surface area contributed by atoms with Crippen LogP contribution in [-0.2, 0) is 0 Å². The Kier molecular flexibility index (Phi) is 6.86. The van der Waals surface area contributed by atoms with Gasteiger partial charge in [-0.2, -0.15) is 5.26 Å². The Morgan fingerprint density at radius 3 is 2.36 bits per heavy atom. The number of hydrogen-bond acceptors (Lipinski definition) is 4. The van der Waals surface area contributed by atoms with Gasteiger partial charge in [0.25, 0.3) is 0 Å². The van der Waals surface area contributed by atoms with E-state index in [2.05, 4.69) is 15.9 Å². The first-order valence-electron chi connectivity index (χ1n) is 9.87. The molecule has 0 aliphatic carbocycles. The van der Waals surface area contributed by atoms with Crippen molar-refractivity contribution < 1.29 is 5.11 Å². The van der Waals surface area contributed by atoms with Crippen LogP contribution in [0.25, 0.3) is 0 Å². The lowest BCUT2D eigenvalue weighted by atomic mass is 9.96. The summed E-state index contributed by atoms with van der Waals surface area (Å²) in [5.41, 5.74) is 1.56. The fourth-order valence-electron chi connectivity index (χ4n) is 4.28. The second kappa shape index (κ2) is 9.33. The van der Waals surface area contributed by atoms with Gasteiger partial charge in [0.1, 0.15) is 0 Å². The number of benzene rings is 1. The second-order valence-electron chi connectivity index (χ2n) is 7.73. The average Bonchev–Trinajstić information content (AvgIpc) is 2.91. The zero-order valence-corrected chi connectivity index (χ0v) is 15.2.